The van der Waals surface area contributed by atoms with Gasteiger partial charge in [0.25, 0.3) is 0 Å². The molecule has 5 heteroatoms. The Morgan fingerprint density at radius 3 is 2.43 bits per heavy atom. The average molecular weight is 403 g/mol. The van der Waals surface area contributed by atoms with Crippen molar-refractivity contribution in [2.75, 3.05) is 19.0 Å². The molecule has 0 atom stereocenters. The molecule has 118 valence electrons. The zero-order valence-corrected chi connectivity index (χ0v) is 15.3. The maximum absolute atomic E-state index is 5.31. The van der Waals surface area contributed by atoms with Crippen molar-refractivity contribution in [1.82, 2.24) is 9.97 Å². The van der Waals surface area contributed by atoms with Gasteiger partial charge < -0.3 is 10.1 Å². The summed E-state index contributed by atoms with van der Waals surface area (Å²) in [7, 11) is 1.72. The topological polar surface area (TPSA) is 47.0 Å². The molecule has 1 fully saturated rings. The minimum absolute atomic E-state index is 0.510. The van der Waals surface area contributed by atoms with E-state index in [1.807, 2.05) is 0 Å². The zero-order valence-electron chi connectivity index (χ0n) is 13.1. The maximum atomic E-state index is 5.31. The fourth-order valence-electron chi connectivity index (χ4n) is 2.93. The molecule has 21 heavy (non-hydrogen) atoms. The number of rotatable bonds is 5. The molecule has 0 spiro atoms. The van der Waals surface area contributed by atoms with Crippen LogP contribution in [0.4, 0.5) is 5.82 Å². The number of hydrogen-bond donors (Lipinski definition) is 1. The molecule has 0 aromatic carbocycles. The van der Waals surface area contributed by atoms with E-state index in [1.54, 1.807) is 7.11 Å². The summed E-state index contributed by atoms with van der Waals surface area (Å²) < 4.78 is 6.39. The Hall–Kier alpha value is -0.430. The van der Waals surface area contributed by atoms with Gasteiger partial charge in [0.05, 0.1) is 15.9 Å². The molecule has 1 aromatic rings. The SMILES string of the molecule is CCNc1nc(C2CCCCCCC2)nc(COC)c1I. The van der Waals surface area contributed by atoms with Gasteiger partial charge in [0.1, 0.15) is 11.6 Å². The van der Waals surface area contributed by atoms with E-state index in [0.29, 0.717) is 12.5 Å². The van der Waals surface area contributed by atoms with Gasteiger partial charge in [-0.05, 0) is 42.4 Å². The van der Waals surface area contributed by atoms with Gasteiger partial charge in [0, 0.05) is 19.6 Å². The molecule has 0 radical (unpaired) electrons. The summed E-state index contributed by atoms with van der Waals surface area (Å²) in [5, 5.41) is 3.37. The first kappa shape index (κ1) is 16.9. The number of anilines is 1. The summed E-state index contributed by atoms with van der Waals surface area (Å²) in [6, 6.07) is 0. The Morgan fingerprint density at radius 2 is 1.81 bits per heavy atom. The molecular formula is C16H26IN3O. The zero-order chi connectivity index (χ0) is 15.1. The molecule has 1 aliphatic carbocycles. The van der Waals surface area contributed by atoms with Crippen LogP contribution < -0.4 is 5.32 Å². The normalized spacial score (nSPS) is 17.3. The van der Waals surface area contributed by atoms with E-state index < -0.39 is 0 Å². The number of aromatic nitrogens is 2. The number of methoxy groups -OCH3 is 1. The van der Waals surface area contributed by atoms with Crippen LogP contribution in [0.1, 0.15) is 69.3 Å². The molecular weight excluding hydrogens is 377 g/mol. The second kappa shape index (κ2) is 8.88. The van der Waals surface area contributed by atoms with E-state index in [4.69, 9.17) is 14.7 Å². The predicted octanol–water partition coefficient (Wildman–Crippen LogP) is 4.49. The number of ether oxygens (including phenoxy) is 1. The Balaban J connectivity index is 2.27. The highest BCUT2D eigenvalue weighted by Gasteiger charge is 2.20. The average Bonchev–Trinajstić information content (AvgIpc) is 2.43. The highest BCUT2D eigenvalue weighted by Crippen LogP contribution is 2.31. The number of nitrogens with one attached hydrogen (secondary N) is 1. The van der Waals surface area contributed by atoms with Crippen molar-refractivity contribution in [2.45, 2.75) is 64.4 Å². The minimum atomic E-state index is 0.510. The van der Waals surface area contributed by atoms with Gasteiger partial charge >= 0.3 is 0 Å². The maximum Gasteiger partial charge on any atom is 0.143 e. The molecule has 1 saturated carbocycles. The van der Waals surface area contributed by atoms with Crippen LogP contribution in [-0.4, -0.2) is 23.6 Å². The van der Waals surface area contributed by atoms with Crippen LogP contribution in [0.15, 0.2) is 0 Å². The molecule has 2 rings (SSSR count). The summed E-state index contributed by atoms with van der Waals surface area (Å²) in [6.45, 7) is 3.53. The Labute approximate surface area is 141 Å². The van der Waals surface area contributed by atoms with Gasteiger partial charge in [-0.1, -0.05) is 32.1 Å². The van der Waals surface area contributed by atoms with E-state index in [-0.39, 0.29) is 0 Å². The van der Waals surface area contributed by atoms with Gasteiger partial charge in [-0.15, -0.1) is 0 Å². The first-order valence-corrected chi connectivity index (χ1v) is 9.13. The fourth-order valence-corrected chi connectivity index (χ4v) is 3.51. The summed E-state index contributed by atoms with van der Waals surface area (Å²) >= 11 is 2.32. The van der Waals surface area contributed by atoms with Gasteiger partial charge in [-0.2, -0.15) is 0 Å². The Kier molecular flexibility index (Phi) is 7.16. The highest BCUT2D eigenvalue weighted by molar-refractivity contribution is 14.1. The first-order chi connectivity index (χ1) is 10.3. The van der Waals surface area contributed by atoms with Gasteiger partial charge in [-0.3, -0.25) is 0 Å². The monoisotopic (exact) mass is 403 g/mol. The van der Waals surface area contributed by atoms with Crippen molar-refractivity contribution < 1.29 is 4.74 Å². The van der Waals surface area contributed by atoms with Crippen molar-refractivity contribution in [3.63, 3.8) is 0 Å². The van der Waals surface area contributed by atoms with Crippen molar-refractivity contribution >= 4 is 28.4 Å². The molecule has 0 unspecified atom stereocenters. The van der Waals surface area contributed by atoms with Crippen LogP contribution in [0, 0.1) is 3.57 Å². The summed E-state index contributed by atoms with van der Waals surface area (Å²) in [5.74, 6) is 2.49. The predicted molar refractivity (Wildman–Crippen MR) is 94.7 cm³/mol. The number of hydrogen-bond acceptors (Lipinski definition) is 4. The fraction of sp³-hybridized carbons (Fsp3) is 0.750. The summed E-state index contributed by atoms with van der Waals surface area (Å²) in [5.41, 5.74) is 1.01. The molecule has 1 aliphatic rings. The van der Waals surface area contributed by atoms with Gasteiger partial charge in [0.2, 0.25) is 0 Å². The lowest BCUT2D eigenvalue weighted by Crippen LogP contribution is -2.14. The van der Waals surface area contributed by atoms with Crippen molar-refractivity contribution in [3.05, 3.63) is 15.1 Å². The smallest absolute Gasteiger partial charge is 0.143 e. The second-order valence-electron chi connectivity index (χ2n) is 5.70. The van der Waals surface area contributed by atoms with Crippen LogP contribution in [0.5, 0.6) is 0 Å². The Bertz CT molecular complexity index is 418. The lowest BCUT2D eigenvalue weighted by atomic mass is 9.90. The third-order valence-electron chi connectivity index (χ3n) is 4.03. The van der Waals surface area contributed by atoms with Crippen LogP contribution in [0.2, 0.25) is 0 Å². The van der Waals surface area contributed by atoms with Crippen molar-refractivity contribution in [2.24, 2.45) is 0 Å². The molecule has 4 nitrogen and oxygen atoms in total. The third-order valence-corrected chi connectivity index (χ3v) is 5.17. The lowest BCUT2D eigenvalue weighted by molar-refractivity contribution is 0.180. The molecule has 0 bridgehead atoms. The molecule has 0 amide bonds. The van der Waals surface area contributed by atoms with Crippen LogP contribution >= 0.6 is 22.6 Å². The van der Waals surface area contributed by atoms with Gasteiger partial charge in [-0.25, -0.2) is 9.97 Å². The van der Waals surface area contributed by atoms with Crippen LogP contribution in [0.3, 0.4) is 0 Å². The first-order valence-electron chi connectivity index (χ1n) is 8.05. The molecule has 1 N–H and O–H groups in total. The van der Waals surface area contributed by atoms with E-state index in [9.17, 15) is 0 Å². The lowest BCUT2D eigenvalue weighted by Gasteiger charge is -2.20. The quantitative estimate of drug-likeness (QED) is 0.737. The standard InChI is InChI=1S/C16H26IN3O/c1-3-18-16-14(17)13(11-21-2)19-15(20-16)12-9-7-5-4-6-8-10-12/h12H,3-11H2,1-2H3,(H,18,19,20). The molecule has 1 aromatic heterocycles. The minimum Gasteiger partial charge on any atom is -0.378 e. The highest BCUT2D eigenvalue weighted by atomic mass is 127. The largest absolute Gasteiger partial charge is 0.378 e. The Morgan fingerprint density at radius 1 is 1.14 bits per heavy atom. The van der Waals surface area contributed by atoms with E-state index in [0.717, 1.165) is 27.5 Å². The molecule has 0 aliphatic heterocycles. The number of nitrogens with zero attached hydrogens (tertiary/aromatic N) is 2. The van der Waals surface area contributed by atoms with E-state index in [1.165, 1.54) is 44.9 Å². The number of halogens is 1. The third kappa shape index (κ3) is 4.77. The summed E-state index contributed by atoms with van der Waals surface area (Å²) in [4.78, 5) is 9.63. The van der Waals surface area contributed by atoms with Gasteiger partial charge in [0.15, 0.2) is 0 Å². The van der Waals surface area contributed by atoms with E-state index in [2.05, 4.69) is 34.8 Å². The van der Waals surface area contributed by atoms with Crippen molar-refractivity contribution in [1.29, 1.82) is 0 Å². The van der Waals surface area contributed by atoms with Crippen LogP contribution in [0.25, 0.3) is 0 Å². The second-order valence-corrected chi connectivity index (χ2v) is 6.78. The summed E-state index contributed by atoms with van der Waals surface area (Å²) in [6.07, 6.45) is 9.14. The van der Waals surface area contributed by atoms with Crippen LogP contribution in [-0.2, 0) is 11.3 Å². The molecule has 0 saturated heterocycles. The van der Waals surface area contributed by atoms with Crippen molar-refractivity contribution in [3.8, 4) is 0 Å². The molecule has 1 heterocycles. The van der Waals surface area contributed by atoms with E-state index >= 15 is 0 Å².